The number of rotatable bonds is 5. The van der Waals surface area contributed by atoms with Gasteiger partial charge in [0.05, 0.1) is 24.0 Å². The van der Waals surface area contributed by atoms with Crippen LogP contribution in [0.1, 0.15) is 26.5 Å². The van der Waals surface area contributed by atoms with Gasteiger partial charge < -0.3 is 15.7 Å². The number of hydrogen-bond acceptors (Lipinski definition) is 3. The molecule has 0 aliphatic rings. The highest BCUT2D eigenvalue weighted by Crippen LogP contribution is 2.07. The van der Waals surface area contributed by atoms with E-state index in [-0.39, 0.29) is 18.5 Å². The summed E-state index contributed by atoms with van der Waals surface area (Å²) in [5, 5.41) is 14.1. The number of aromatic nitrogens is 1. The third-order valence-electron chi connectivity index (χ3n) is 2.77. The number of nitrogens with zero attached hydrogens (tertiary/aromatic N) is 1. The molecule has 6 nitrogen and oxygen atoms in total. The van der Waals surface area contributed by atoms with Crippen molar-refractivity contribution >= 4 is 17.7 Å². The molecule has 1 rings (SSSR count). The van der Waals surface area contributed by atoms with Crippen molar-refractivity contribution in [3.63, 3.8) is 0 Å². The SMILES string of the molecule is CC(C)C(C)NC(=O)Nc1ccc(CC(=O)O)nc1. The zero-order valence-electron chi connectivity index (χ0n) is 11.3. The molecule has 0 saturated carbocycles. The lowest BCUT2D eigenvalue weighted by atomic mass is 10.1. The Labute approximate surface area is 112 Å². The smallest absolute Gasteiger partial charge is 0.319 e. The lowest BCUT2D eigenvalue weighted by Gasteiger charge is -2.17. The molecule has 104 valence electrons. The Balaban J connectivity index is 2.53. The maximum Gasteiger partial charge on any atom is 0.319 e. The van der Waals surface area contributed by atoms with Crippen molar-refractivity contribution in [1.82, 2.24) is 10.3 Å². The number of hydrogen-bond donors (Lipinski definition) is 3. The van der Waals surface area contributed by atoms with E-state index in [1.54, 1.807) is 12.1 Å². The lowest BCUT2D eigenvalue weighted by Crippen LogP contribution is -2.39. The van der Waals surface area contributed by atoms with Crippen LogP contribution < -0.4 is 10.6 Å². The average Bonchev–Trinajstić information content (AvgIpc) is 2.30. The fraction of sp³-hybridized carbons (Fsp3) is 0.462. The van der Waals surface area contributed by atoms with Crippen LogP contribution in [0.3, 0.4) is 0 Å². The first-order valence-electron chi connectivity index (χ1n) is 6.12. The van der Waals surface area contributed by atoms with Gasteiger partial charge >= 0.3 is 12.0 Å². The number of urea groups is 1. The second-order valence-corrected chi connectivity index (χ2v) is 4.74. The molecule has 0 bridgehead atoms. The Morgan fingerprint density at radius 1 is 1.32 bits per heavy atom. The van der Waals surface area contributed by atoms with Gasteiger partial charge in [0.1, 0.15) is 0 Å². The summed E-state index contributed by atoms with van der Waals surface area (Å²) in [5.74, 6) is -0.585. The van der Waals surface area contributed by atoms with E-state index in [0.29, 0.717) is 17.3 Å². The van der Waals surface area contributed by atoms with Crippen LogP contribution in [0, 0.1) is 5.92 Å². The Morgan fingerprint density at radius 3 is 2.47 bits per heavy atom. The summed E-state index contributed by atoms with van der Waals surface area (Å²) in [4.78, 5) is 26.1. The molecule has 1 aromatic heterocycles. The summed E-state index contributed by atoms with van der Waals surface area (Å²) in [6.45, 7) is 5.97. The van der Waals surface area contributed by atoms with Crippen LogP contribution in [-0.2, 0) is 11.2 Å². The standard InChI is InChI=1S/C13H19N3O3/c1-8(2)9(3)15-13(19)16-11-5-4-10(14-7-11)6-12(17)18/h4-5,7-9H,6H2,1-3H3,(H,17,18)(H2,15,16,19). The summed E-state index contributed by atoms with van der Waals surface area (Å²) in [5.41, 5.74) is 0.983. The second-order valence-electron chi connectivity index (χ2n) is 4.74. The number of carbonyl (C=O) groups is 2. The molecule has 0 fully saturated rings. The van der Waals surface area contributed by atoms with E-state index in [9.17, 15) is 9.59 Å². The number of carbonyl (C=O) groups excluding carboxylic acids is 1. The molecule has 19 heavy (non-hydrogen) atoms. The van der Waals surface area contributed by atoms with Crippen LogP contribution >= 0.6 is 0 Å². The van der Waals surface area contributed by atoms with Gasteiger partial charge in [-0.3, -0.25) is 9.78 Å². The molecule has 1 aromatic rings. The molecular formula is C13H19N3O3. The largest absolute Gasteiger partial charge is 0.481 e. The van der Waals surface area contributed by atoms with Crippen molar-refractivity contribution < 1.29 is 14.7 Å². The molecule has 1 atom stereocenters. The second kappa shape index (κ2) is 6.72. The minimum absolute atomic E-state index is 0.0687. The van der Waals surface area contributed by atoms with Crippen LogP contribution in [0.25, 0.3) is 0 Å². The third-order valence-corrected chi connectivity index (χ3v) is 2.77. The van der Waals surface area contributed by atoms with Gasteiger partial charge in [0.15, 0.2) is 0 Å². The number of amides is 2. The molecule has 0 aliphatic heterocycles. The highest BCUT2D eigenvalue weighted by molar-refractivity contribution is 5.89. The number of aliphatic carboxylic acids is 1. The summed E-state index contributed by atoms with van der Waals surface area (Å²) in [6.07, 6.45) is 1.31. The minimum Gasteiger partial charge on any atom is -0.481 e. The van der Waals surface area contributed by atoms with Gasteiger partial charge in [0, 0.05) is 6.04 Å². The summed E-state index contributed by atoms with van der Waals surface area (Å²) in [6, 6.07) is 2.98. The van der Waals surface area contributed by atoms with Crippen molar-refractivity contribution in [2.75, 3.05) is 5.32 Å². The van der Waals surface area contributed by atoms with E-state index >= 15 is 0 Å². The number of nitrogens with one attached hydrogen (secondary N) is 2. The summed E-state index contributed by atoms with van der Waals surface area (Å²) >= 11 is 0. The van der Waals surface area contributed by atoms with E-state index in [1.165, 1.54) is 6.20 Å². The van der Waals surface area contributed by atoms with Crippen molar-refractivity contribution in [2.24, 2.45) is 5.92 Å². The van der Waals surface area contributed by atoms with Crippen LogP contribution in [-0.4, -0.2) is 28.1 Å². The highest BCUT2D eigenvalue weighted by Gasteiger charge is 2.10. The molecule has 2 amide bonds. The predicted molar refractivity (Wildman–Crippen MR) is 72.0 cm³/mol. The molecule has 0 aromatic carbocycles. The first-order valence-corrected chi connectivity index (χ1v) is 6.12. The van der Waals surface area contributed by atoms with Gasteiger partial charge in [-0.05, 0) is 25.0 Å². The first kappa shape index (κ1) is 14.9. The molecule has 1 heterocycles. The summed E-state index contributed by atoms with van der Waals surface area (Å²) < 4.78 is 0. The van der Waals surface area contributed by atoms with E-state index in [1.807, 2.05) is 20.8 Å². The molecule has 1 unspecified atom stereocenters. The number of carboxylic acids is 1. The Kier molecular flexibility index (Phi) is 5.29. The molecule has 0 radical (unpaired) electrons. The molecule has 0 spiro atoms. The zero-order valence-corrected chi connectivity index (χ0v) is 11.3. The molecule has 0 aliphatic carbocycles. The molecular weight excluding hydrogens is 246 g/mol. The number of carboxylic acid groups (broad SMARTS) is 1. The van der Waals surface area contributed by atoms with Gasteiger partial charge in [-0.1, -0.05) is 13.8 Å². The van der Waals surface area contributed by atoms with Crippen molar-refractivity contribution in [3.05, 3.63) is 24.0 Å². The maximum atomic E-state index is 11.6. The minimum atomic E-state index is -0.934. The van der Waals surface area contributed by atoms with Gasteiger partial charge in [-0.2, -0.15) is 0 Å². The Bertz CT molecular complexity index is 443. The Morgan fingerprint density at radius 2 is 2.00 bits per heavy atom. The van der Waals surface area contributed by atoms with Crippen molar-refractivity contribution in [3.8, 4) is 0 Å². The van der Waals surface area contributed by atoms with Gasteiger partial charge in [0.2, 0.25) is 0 Å². The van der Waals surface area contributed by atoms with Gasteiger partial charge in [-0.15, -0.1) is 0 Å². The van der Waals surface area contributed by atoms with Gasteiger partial charge in [0.25, 0.3) is 0 Å². The normalized spacial score (nSPS) is 12.0. The van der Waals surface area contributed by atoms with Gasteiger partial charge in [-0.25, -0.2) is 4.79 Å². The number of anilines is 1. The fourth-order valence-corrected chi connectivity index (χ4v) is 1.30. The Hall–Kier alpha value is -2.11. The number of pyridine rings is 1. The summed E-state index contributed by atoms with van der Waals surface area (Å²) in [7, 11) is 0. The van der Waals surface area contributed by atoms with E-state index in [4.69, 9.17) is 5.11 Å². The quantitative estimate of drug-likeness (QED) is 0.758. The highest BCUT2D eigenvalue weighted by atomic mass is 16.4. The van der Waals surface area contributed by atoms with Crippen LogP contribution in [0.15, 0.2) is 18.3 Å². The van der Waals surface area contributed by atoms with E-state index in [0.717, 1.165) is 0 Å². The first-order chi connectivity index (χ1) is 8.88. The molecule has 6 heteroatoms. The monoisotopic (exact) mass is 265 g/mol. The fourth-order valence-electron chi connectivity index (χ4n) is 1.30. The van der Waals surface area contributed by atoms with Crippen molar-refractivity contribution in [1.29, 1.82) is 0 Å². The van der Waals surface area contributed by atoms with Crippen LogP contribution in [0.4, 0.5) is 10.5 Å². The third kappa shape index (κ3) is 5.37. The van der Waals surface area contributed by atoms with Crippen LogP contribution in [0.2, 0.25) is 0 Å². The zero-order chi connectivity index (χ0) is 14.4. The van der Waals surface area contributed by atoms with Crippen LogP contribution in [0.5, 0.6) is 0 Å². The van der Waals surface area contributed by atoms with Crippen molar-refractivity contribution in [2.45, 2.75) is 33.2 Å². The lowest BCUT2D eigenvalue weighted by molar-refractivity contribution is -0.136. The average molecular weight is 265 g/mol. The van der Waals surface area contributed by atoms with E-state index < -0.39 is 5.97 Å². The molecule has 0 saturated heterocycles. The van der Waals surface area contributed by atoms with E-state index in [2.05, 4.69) is 15.6 Å². The molecule has 3 N–H and O–H groups in total. The maximum absolute atomic E-state index is 11.6. The topological polar surface area (TPSA) is 91.3 Å². The predicted octanol–water partition coefficient (Wildman–Crippen LogP) is 1.87.